The number of aliphatic hydroxyl groups excluding tert-OH is 5. The first-order chi connectivity index (χ1) is 6.57. The zero-order valence-corrected chi connectivity index (χ0v) is 7.65. The Morgan fingerprint density at radius 3 is 2.14 bits per heavy atom. The Hall–Kier alpha value is -0.240. The van der Waals surface area contributed by atoms with Gasteiger partial charge in [0.05, 0.1) is 25.9 Å². The van der Waals surface area contributed by atoms with Gasteiger partial charge in [-0.25, -0.2) is 0 Å². The van der Waals surface area contributed by atoms with Gasteiger partial charge in [-0.2, -0.15) is 0 Å². The van der Waals surface area contributed by atoms with Crippen LogP contribution in [0.15, 0.2) is 0 Å². The summed E-state index contributed by atoms with van der Waals surface area (Å²) in [7, 11) is 0. The summed E-state index contributed by atoms with van der Waals surface area (Å²) >= 11 is 0. The predicted octanol–water partition coefficient (Wildman–Crippen LogP) is -2.93. The van der Waals surface area contributed by atoms with Crippen LogP contribution in [0.1, 0.15) is 0 Å². The topological polar surface area (TPSA) is 110 Å². The highest BCUT2D eigenvalue weighted by Gasteiger charge is 2.36. The molecule has 0 bridgehead atoms. The summed E-state index contributed by atoms with van der Waals surface area (Å²) in [5.74, 6) is -0.646. The lowest BCUT2D eigenvalue weighted by molar-refractivity contribution is -0.164. The molecule has 0 aliphatic carbocycles. The van der Waals surface area contributed by atoms with Crippen LogP contribution in [0.4, 0.5) is 0 Å². The summed E-state index contributed by atoms with van der Waals surface area (Å²) in [6.45, 7) is -0.430. The van der Waals surface area contributed by atoms with Gasteiger partial charge in [0.25, 0.3) is 0 Å². The van der Waals surface area contributed by atoms with Crippen molar-refractivity contribution in [2.24, 2.45) is 5.92 Å². The molecule has 1 heterocycles. The molecule has 0 amide bonds. The lowest BCUT2D eigenvalue weighted by Gasteiger charge is -2.33. The van der Waals surface area contributed by atoms with E-state index >= 15 is 0 Å². The maximum atomic E-state index is 9.47. The molecule has 1 aliphatic rings. The Morgan fingerprint density at radius 1 is 0.929 bits per heavy atom. The lowest BCUT2D eigenvalue weighted by atomic mass is 9.93. The van der Waals surface area contributed by atoms with E-state index in [9.17, 15) is 20.4 Å². The maximum absolute atomic E-state index is 9.47. The Balaban J connectivity index is 2.67. The SMILES string of the molecule is OC[C@@H]1COC[C@H](O)[C@H](O)[C@@H](O)[C@@H]1O. The zero-order chi connectivity index (χ0) is 10.7. The first kappa shape index (κ1) is 11.8. The molecule has 14 heavy (non-hydrogen) atoms. The number of hydrogen-bond donors (Lipinski definition) is 5. The van der Waals surface area contributed by atoms with Gasteiger partial charge >= 0.3 is 0 Å². The molecule has 1 saturated heterocycles. The molecular weight excluding hydrogens is 192 g/mol. The number of aliphatic hydroxyl groups is 5. The van der Waals surface area contributed by atoms with E-state index in [0.29, 0.717) is 0 Å². The first-order valence-corrected chi connectivity index (χ1v) is 4.48. The van der Waals surface area contributed by atoms with Gasteiger partial charge in [-0.05, 0) is 0 Å². The Kier molecular flexibility index (Phi) is 4.24. The molecule has 0 saturated carbocycles. The largest absolute Gasteiger partial charge is 0.396 e. The summed E-state index contributed by atoms with van der Waals surface area (Å²) < 4.78 is 4.94. The molecule has 0 aromatic carbocycles. The highest BCUT2D eigenvalue weighted by Crippen LogP contribution is 2.16. The number of rotatable bonds is 1. The molecule has 6 nitrogen and oxygen atoms in total. The maximum Gasteiger partial charge on any atom is 0.111 e. The van der Waals surface area contributed by atoms with Crippen LogP contribution in [0.3, 0.4) is 0 Å². The van der Waals surface area contributed by atoms with Gasteiger partial charge in [-0.15, -0.1) is 0 Å². The van der Waals surface area contributed by atoms with Crippen molar-refractivity contribution in [1.82, 2.24) is 0 Å². The first-order valence-electron chi connectivity index (χ1n) is 4.48. The van der Waals surface area contributed by atoms with E-state index < -0.39 is 30.3 Å². The van der Waals surface area contributed by atoms with E-state index in [-0.39, 0.29) is 19.8 Å². The highest BCUT2D eigenvalue weighted by atomic mass is 16.5. The van der Waals surface area contributed by atoms with Crippen LogP contribution in [-0.4, -0.2) is 69.8 Å². The van der Waals surface area contributed by atoms with E-state index in [2.05, 4.69) is 0 Å². The van der Waals surface area contributed by atoms with E-state index in [1.165, 1.54) is 0 Å². The molecule has 1 fully saturated rings. The zero-order valence-electron chi connectivity index (χ0n) is 7.65. The summed E-state index contributed by atoms with van der Waals surface area (Å²) in [4.78, 5) is 0. The van der Waals surface area contributed by atoms with E-state index in [4.69, 9.17) is 9.84 Å². The molecule has 1 rings (SSSR count). The molecule has 0 aromatic heterocycles. The van der Waals surface area contributed by atoms with Crippen molar-refractivity contribution >= 4 is 0 Å². The third kappa shape index (κ3) is 2.41. The summed E-state index contributed by atoms with van der Waals surface area (Å²) in [5, 5.41) is 46.3. The van der Waals surface area contributed by atoms with Crippen molar-refractivity contribution in [3.8, 4) is 0 Å². The van der Waals surface area contributed by atoms with Crippen LogP contribution < -0.4 is 0 Å². The van der Waals surface area contributed by atoms with Gasteiger partial charge < -0.3 is 30.3 Å². The Morgan fingerprint density at radius 2 is 1.57 bits per heavy atom. The van der Waals surface area contributed by atoms with E-state index in [1.807, 2.05) is 0 Å². The van der Waals surface area contributed by atoms with E-state index in [0.717, 1.165) is 0 Å². The van der Waals surface area contributed by atoms with Crippen molar-refractivity contribution in [2.75, 3.05) is 19.8 Å². The molecule has 0 radical (unpaired) electrons. The third-order valence-electron chi connectivity index (χ3n) is 2.43. The van der Waals surface area contributed by atoms with Crippen molar-refractivity contribution in [1.29, 1.82) is 0 Å². The minimum Gasteiger partial charge on any atom is -0.396 e. The lowest BCUT2D eigenvalue weighted by Crippen LogP contribution is -2.52. The van der Waals surface area contributed by atoms with E-state index in [1.54, 1.807) is 0 Å². The smallest absolute Gasteiger partial charge is 0.111 e. The van der Waals surface area contributed by atoms with Crippen molar-refractivity contribution in [3.05, 3.63) is 0 Å². The van der Waals surface area contributed by atoms with Crippen molar-refractivity contribution in [2.45, 2.75) is 24.4 Å². The van der Waals surface area contributed by atoms with Gasteiger partial charge in [0.2, 0.25) is 0 Å². The molecule has 0 aromatic rings. The van der Waals surface area contributed by atoms with Gasteiger partial charge in [0.15, 0.2) is 0 Å². The molecule has 5 atom stereocenters. The average molecular weight is 208 g/mol. The molecule has 5 N–H and O–H groups in total. The van der Waals surface area contributed by atoms with Crippen LogP contribution >= 0.6 is 0 Å². The van der Waals surface area contributed by atoms with Crippen LogP contribution in [0.25, 0.3) is 0 Å². The second kappa shape index (κ2) is 5.01. The van der Waals surface area contributed by atoms with Crippen molar-refractivity contribution < 1.29 is 30.3 Å². The molecule has 0 spiro atoms. The Labute approximate surface area is 81.4 Å². The van der Waals surface area contributed by atoms with Crippen molar-refractivity contribution in [3.63, 3.8) is 0 Å². The highest BCUT2D eigenvalue weighted by molar-refractivity contribution is 4.86. The minimum atomic E-state index is -1.47. The van der Waals surface area contributed by atoms with Gasteiger partial charge in [0, 0.05) is 5.92 Å². The summed E-state index contributed by atoms with van der Waals surface area (Å²) in [5.41, 5.74) is 0. The third-order valence-corrected chi connectivity index (χ3v) is 2.43. The molecule has 0 unspecified atom stereocenters. The molecule has 84 valence electrons. The van der Waals surface area contributed by atoms with Crippen LogP contribution in [-0.2, 0) is 4.74 Å². The second-order valence-corrected chi connectivity index (χ2v) is 3.52. The minimum absolute atomic E-state index is 0.0402. The quantitative estimate of drug-likeness (QED) is 0.315. The standard InChI is InChI=1S/C8H16O6/c9-1-4-2-14-3-5(10)7(12)8(13)6(4)11/h4-13H,1-3H2/t4-,5+,6-,7+,8+/m1/s1. The fraction of sp³-hybridized carbons (Fsp3) is 1.00. The summed E-state index contributed by atoms with van der Waals surface area (Å²) in [6, 6.07) is 0. The molecule has 1 aliphatic heterocycles. The second-order valence-electron chi connectivity index (χ2n) is 3.52. The van der Waals surface area contributed by atoms with Crippen LogP contribution in [0, 0.1) is 5.92 Å². The molecular formula is C8H16O6. The normalized spacial score (nSPS) is 45.6. The monoisotopic (exact) mass is 208 g/mol. The average Bonchev–Trinajstić information content (AvgIpc) is 2.20. The van der Waals surface area contributed by atoms with Crippen LogP contribution in [0.2, 0.25) is 0 Å². The van der Waals surface area contributed by atoms with Gasteiger partial charge in [-0.1, -0.05) is 0 Å². The predicted molar refractivity (Wildman–Crippen MR) is 45.4 cm³/mol. The fourth-order valence-corrected chi connectivity index (χ4v) is 1.41. The molecule has 6 heteroatoms. The summed E-state index contributed by atoms with van der Waals surface area (Å²) in [6.07, 6.45) is -5.45. The van der Waals surface area contributed by atoms with Crippen LogP contribution in [0.5, 0.6) is 0 Å². The number of ether oxygens (including phenoxy) is 1. The van der Waals surface area contributed by atoms with Gasteiger partial charge in [-0.3, -0.25) is 0 Å². The van der Waals surface area contributed by atoms with Gasteiger partial charge in [0.1, 0.15) is 18.3 Å². The Bertz CT molecular complexity index is 169. The fourth-order valence-electron chi connectivity index (χ4n) is 1.41. The number of hydrogen-bond acceptors (Lipinski definition) is 6.